The van der Waals surface area contributed by atoms with E-state index in [-0.39, 0.29) is 24.0 Å². The smallest absolute Gasteiger partial charge is 0.320 e. The van der Waals surface area contributed by atoms with Crippen molar-refractivity contribution < 1.29 is 28.6 Å². The first kappa shape index (κ1) is 45.8. The molecule has 1 rings (SSSR count). The molecule has 8 nitrogen and oxygen atoms in total. The normalized spacial score (nSPS) is 14.8. The lowest BCUT2D eigenvalue weighted by molar-refractivity contribution is -0.151. The lowest BCUT2D eigenvalue weighted by atomic mass is 10.0. The van der Waals surface area contributed by atoms with Gasteiger partial charge in [0, 0.05) is 39.0 Å². The minimum atomic E-state index is -0.107. The molecule has 0 unspecified atom stereocenters. The Morgan fingerprint density at radius 1 is 0.540 bits per heavy atom. The fourth-order valence-corrected chi connectivity index (χ4v) is 6.19. The molecule has 1 aliphatic heterocycles. The van der Waals surface area contributed by atoms with Gasteiger partial charge >= 0.3 is 17.9 Å². The van der Waals surface area contributed by atoms with Crippen LogP contribution >= 0.6 is 0 Å². The molecule has 1 fully saturated rings. The molecule has 50 heavy (non-hydrogen) atoms. The van der Waals surface area contributed by atoms with Crippen LogP contribution < -0.4 is 0 Å². The second kappa shape index (κ2) is 33.9. The molecule has 0 spiro atoms. The highest BCUT2D eigenvalue weighted by Crippen LogP contribution is 2.18. The number of carbonyl (C=O) groups is 3. The van der Waals surface area contributed by atoms with Gasteiger partial charge in [-0.2, -0.15) is 0 Å². The van der Waals surface area contributed by atoms with Gasteiger partial charge in [-0.25, -0.2) is 0 Å². The Bertz CT molecular complexity index is 831. The van der Waals surface area contributed by atoms with Crippen molar-refractivity contribution in [3.8, 4) is 0 Å². The zero-order valence-electron chi connectivity index (χ0n) is 32.7. The van der Waals surface area contributed by atoms with Gasteiger partial charge in [0.15, 0.2) is 0 Å². The third kappa shape index (κ3) is 29.5. The topological polar surface area (TPSA) is 85.4 Å². The van der Waals surface area contributed by atoms with Crippen LogP contribution in [0.5, 0.6) is 0 Å². The molecule has 0 aromatic carbocycles. The van der Waals surface area contributed by atoms with Crippen LogP contribution in [0.4, 0.5) is 0 Å². The van der Waals surface area contributed by atoms with E-state index >= 15 is 0 Å². The molecule has 0 aliphatic carbocycles. The first-order valence-corrected chi connectivity index (χ1v) is 20.7. The highest BCUT2D eigenvalue weighted by atomic mass is 16.5. The Balaban J connectivity index is 2.22. The maximum absolute atomic E-state index is 12.8. The highest BCUT2D eigenvalue weighted by molar-refractivity contribution is 5.72. The SMILES string of the molecule is CCCCCCC=CCOC(=O)CCCCCCCC(CCCCCCCC(=O)OCC=CCCCCCC)OC(=O)CN1CCN(C)CC1. The molecule has 0 bridgehead atoms. The quantitative estimate of drug-likeness (QED) is 0.0289. The van der Waals surface area contributed by atoms with Crippen molar-refractivity contribution in [2.45, 2.75) is 174 Å². The second-order valence-electron chi connectivity index (χ2n) is 14.3. The lowest BCUT2D eigenvalue weighted by Crippen LogP contribution is -2.46. The van der Waals surface area contributed by atoms with Crippen LogP contribution in [0.2, 0.25) is 0 Å². The molecule has 0 radical (unpaired) electrons. The Hall–Kier alpha value is -2.19. The average Bonchev–Trinajstić information content (AvgIpc) is 3.10. The summed E-state index contributed by atoms with van der Waals surface area (Å²) in [7, 11) is 2.12. The predicted octanol–water partition coefficient (Wildman–Crippen LogP) is 9.75. The van der Waals surface area contributed by atoms with Crippen LogP contribution in [0.25, 0.3) is 0 Å². The van der Waals surface area contributed by atoms with E-state index in [0.717, 1.165) is 116 Å². The zero-order valence-corrected chi connectivity index (χ0v) is 32.7. The molecular weight excluding hydrogens is 628 g/mol. The fraction of sp³-hybridized carbons (Fsp3) is 0.833. The summed E-state index contributed by atoms with van der Waals surface area (Å²) in [5, 5.41) is 0. The van der Waals surface area contributed by atoms with Crippen molar-refractivity contribution in [3.63, 3.8) is 0 Å². The molecule has 0 saturated carbocycles. The van der Waals surface area contributed by atoms with Crippen LogP contribution in [0.3, 0.4) is 0 Å². The Labute approximate surface area is 307 Å². The van der Waals surface area contributed by atoms with Gasteiger partial charge in [0.05, 0.1) is 6.54 Å². The minimum absolute atomic E-state index is 0.0423. The summed E-state index contributed by atoms with van der Waals surface area (Å²) in [5.74, 6) is -0.317. The maximum atomic E-state index is 12.8. The average molecular weight is 705 g/mol. The van der Waals surface area contributed by atoms with Gasteiger partial charge in [-0.3, -0.25) is 19.3 Å². The Morgan fingerprint density at radius 3 is 1.46 bits per heavy atom. The summed E-state index contributed by atoms with van der Waals surface area (Å²) in [5.41, 5.74) is 0. The van der Waals surface area contributed by atoms with Gasteiger partial charge in [0.1, 0.15) is 19.3 Å². The van der Waals surface area contributed by atoms with Crippen molar-refractivity contribution in [1.82, 2.24) is 9.80 Å². The first-order valence-electron chi connectivity index (χ1n) is 20.7. The van der Waals surface area contributed by atoms with E-state index in [1.54, 1.807) is 0 Å². The third-order valence-electron chi connectivity index (χ3n) is 9.52. The molecule has 0 atom stereocenters. The number of piperazine rings is 1. The first-order chi connectivity index (χ1) is 24.4. The predicted molar refractivity (Wildman–Crippen MR) is 206 cm³/mol. The number of ether oxygens (including phenoxy) is 3. The van der Waals surface area contributed by atoms with E-state index in [1.807, 2.05) is 12.2 Å². The number of esters is 3. The minimum Gasteiger partial charge on any atom is -0.461 e. The summed E-state index contributed by atoms with van der Waals surface area (Å²) in [6.07, 6.45) is 33.1. The molecule has 0 aromatic heterocycles. The third-order valence-corrected chi connectivity index (χ3v) is 9.52. The number of rotatable bonds is 33. The van der Waals surface area contributed by atoms with Gasteiger partial charge in [0.2, 0.25) is 0 Å². The number of likely N-dealkylation sites (N-methyl/N-ethyl adjacent to an activating group) is 1. The van der Waals surface area contributed by atoms with Crippen molar-refractivity contribution in [2.75, 3.05) is 53.0 Å². The van der Waals surface area contributed by atoms with Crippen LogP contribution in [0.15, 0.2) is 24.3 Å². The van der Waals surface area contributed by atoms with Crippen molar-refractivity contribution in [1.29, 1.82) is 0 Å². The van der Waals surface area contributed by atoms with E-state index in [4.69, 9.17) is 14.2 Å². The molecule has 1 aliphatic rings. The van der Waals surface area contributed by atoms with E-state index in [1.165, 1.54) is 51.4 Å². The molecule has 8 heteroatoms. The van der Waals surface area contributed by atoms with Crippen molar-refractivity contribution in [2.24, 2.45) is 0 Å². The van der Waals surface area contributed by atoms with E-state index in [0.29, 0.717) is 32.6 Å². The van der Waals surface area contributed by atoms with Gasteiger partial charge < -0.3 is 19.1 Å². The summed E-state index contributed by atoms with van der Waals surface area (Å²) in [6.45, 7) is 9.35. The van der Waals surface area contributed by atoms with Gasteiger partial charge in [0.25, 0.3) is 0 Å². The summed E-state index contributed by atoms with van der Waals surface area (Å²) in [6, 6.07) is 0. The molecule has 1 heterocycles. The van der Waals surface area contributed by atoms with Gasteiger partial charge in [-0.1, -0.05) is 115 Å². The van der Waals surface area contributed by atoms with Crippen LogP contribution in [-0.4, -0.2) is 86.8 Å². The number of hydrogen-bond acceptors (Lipinski definition) is 8. The van der Waals surface area contributed by atoms with E-state index in [2.05, 4.69) is 42.8 Å². The molecule has 0 amide bonds. The summed E-state index contributed by atoms with van der Waals surface area (Å²) >= 11 is 0. The Kier molecular flexibility index (Phi) is 31.1. The second-order valence-corrected chi connectivity index (χ2v) is 14.3. The van der Waals surface area contributed by atoms with Crippen molar-refractivity contribution in [3.05, 3.63) is 24.3 Å². The summed E-state index contributed by atoms with van der Waals surface area (Å²) < 4.78 is 16.7. The molecule has 0 N–H and O–H groups in total. The number of carbonyl (C=O) groups excluding carboxylic acids is 3. The van der Waals surface area contributed by atoms with E-state index < -0.39 is 0 Å². The monoisotopic (exact) mass is 705 g/mol. The van der Waals surface area contributed by atoms with Gasteiger partial charge in [-0.05, 0) is 71.3 Å². The molecule has 1 saturated heterocycles. The highest BCUT2D eigenvalue weighted by Gasteiger charge is 2.20. The summed E-state index contributed by atoms with van der Waals surface area (Å²) in [4.78, 5) is 41.4. The van der Waals surface area contributed by atoms with Crippen molar-refractivity contribution >= 4 is 17.9 Å². The van der Waals surface area contributed by atoms with E-state index in [9.17, 15) is 14.4 Å². The lowest BCUT2D eigenvalue weighted by Gasteiger charge is -2.32. The number of hydrogen-bond donors (Lipinski definition) is 0. The van der Waals surface area contributed by atoms with Gasteiger partial charge in [-0.15, -0.1) is 0 Å². The largest absolute Gasteiger partial charge is 0.461 e. The Morgan fingerprint density at radius 2 is 0.980 bits per heavy atom. The number of allylic oxidation sites excluding steroid dienone is 2. The van der Waals surface area contributed by atoms with Crippen LogP contribution in [0, 0.1) is 0 Å². The molecule has 290 valence electrons. The zero-order chi connectivity index (χ0) is 36.3. The molecule has 0 aromatic rings. The fourth-order valence-electron chi connectivity index (χ4n) is 6.19. The maximum Gasteiger partial charge on any atom is 0.320 e. The molecular formula is C42H76N2O6. The number of unbranched alkanes of at least 4 members (excludes halogenated alkanes) is 16. The number of nitrogens with zero attached hydrogens (tertiary/aromatic N) is 2. The standard InChI is InChI=1S/C42H76N2O6/c1-4-6-8-10-12-20-26-36-48-40(45)30-24-18-14-16-22-28-39(50-42(47)38-44-34-32-43(3)33-35-44)29-23-17-15-19-25-31-41(46)49-37-27-21-13-11-9-7-5-2/h20-21,26-27,39H,4-19,22-25,28-38H2,1-3H3. The van der Waals surface area contributed by atoms with Crippen LogP contribution in [0.1, 0.15) is 168 Å². The van der Waals surface area contributed by atoms with Crippen LogP contribution in [-0.2, 0) is 28.6 Å².